The summed E-state index contributed by atoms with van der Waals surface area (Å²) in [6, 6.07) is 2.84. The molecule has 0 amide bonds. The predicted molar refractivity (Wildman–Crippen MR) is 60.1 cm³/mol. The van der Waals surface area contributed by atoms with E-state index in [1.807, 2.05) is 0 Å². The summed E-state index contributed by atoms with van der Waals surface area (Å²) in [5.74, 6) is -1.10. The second-order valence-corrected chi connectivity index (χ2v) is 3.60. The van der Waals surface area contributed by atoms with E-state index in [0.29, 0.717) is 0 Å². The van der Waals surface area contributed by atoms with Gasteiger partial charge >= 0.3 is 0 Å². The van der Waals surface area contributed by atoms with Crippen LogP contribution in [0.3, 0.4) is 0 Å². The number of ether oxygens (including phenoxy) is 1. The average Bonchev–Trinajstić information content (AvgIpc) is 2.20. The molecule has 0 aliphatic rings. The maximum absolute atomic E-state index is 11.6. The minimum absolute atomic E-state index is 0.0551. The van der Waals surface area contributed by atoms with Gasteiger partial charge in [-0.15, -0.1) is 0 Å². The van der Waals surface area contributed by atoms with Gasteiger partial charge in [-0.05, 0) is 32.1 Å². The van der Waals surface area contributed by atoms with Gasteiger partial charge in [0.05, 0.1) is 12.7 Å². The topological polar surface area (TPSA) is 66.8 Å². The standard InChI is InChI=1S/C12H14O4/c1-7(2)6-9(13)8-4-5-10(16-3)12(15)11(8)14/h4-6,14-15H,1-3H3. The van der Waals surface area contributed by atoms with Crippen LogP contribution in [-0.4, -0.2) is 23.1 Å². The molecule has 1 rings (SSSR count). The predicted octanol–water partition coefficient (Wildman–Crippen LogP) is 2.26. The number of hydrogen-bond acceptors (Lipinski definition) is 4. The Bertz CT molecular complexity index is 443. The molecular formula is C12H14O4. The highest BCUT2D eigenvalue weighted by atomic mass is 16.5. The van der Waals surface area contributed by atoms with Crippen LogP contribution in [0, 0.1) is 0 Å². The Hall–Kier alpha value is -1.97. The van der Waals surface area contributed by atoms with Gasteiger partial charge in [-0.1, -0.05) is 5.57 Å². The van der Waals surface area contributed by atoms with Gasteiger partial charge in [-0.3, -0.25) is 4.79 Å². The fraction of sp³-hybridized carbons (Fsp3) is 0.250. The summed E-state index contributed by atoms with van der Waals surface area (Å²) in [6.07, 6.45) is 1.39. The van der Waals surface area contributed by atoms with Crippen molar-refractivity contribution in [1.82, 2.24) is 0 Å². The van der Waals surface area contributed by atoms with Gasteiger partial charge in [0.25, 0.3) is 0 Å². The first-order valence-corrected chi connectivity index (χ1v) is 4.75. The molecule has 0 unspecified atom stereocenters. The first kappa shape index (κ1) is 12.1. The fourth-order valence-corrected chi connectivity index (χ4v) is 1.26. The number of hydrogen-bond donors (Lipinski definition) is 2. The van der Waals surface area contributed by atoms with Crippen molar-refractivity contribution < 1.29 is 19.7 Å². The van der Waals surface area contributed by atoms with Crippen molar-refractivity contribution in [2.24, 2.45) is 0 Å². The Kier molecular flexibility index (Phi) is 3.55. The van der Waals surface area contributed by atoms with Crippen molar-refractivity contribution >= 4 is 5.78 Å². The number of phenolic OH excluding ortho intramolecular Hbond substituents is 2. The molecule has 2 N–H and O–H groups in total. The third-order valence-corrected chi connectivity index (χ3v) is 2.02. The number of rotatable bonds is 3. The molecule has 0 aromatic heterocycles. The van der Waals surface area contributed by atoms with E-state index >= 15 is 0 Å². The molecule has 1 aromatic carbocycles. The second-order valence-electron chi connectivity index (χ2n) is 3.60. The first-order chi connectivity index (χ1) is 7.47. The zero-order valence-electron chi connectivity index (χ0n) is 9.44. The highest BCUT2D eigenvalue weighted by molar-refractivity contribution is 6.07. The van der Waals surface area contributed by atoms with Gasteiger partial charge in [0.2, 0.25) is 5.75 Å². The van der Waals surface area contributed by atoms with Crippen LogP contribution in [0.15, 0.2) is 23.8 Å². The lowest BCUT2D eigenvalue weighted by molar-refractivity contribution is 0.104. The largest absolute Gasteiger partial charge is 0.504 e. The van der Waals surface area contributed by atoms with Crippen LogP contribution in [0.4, 0.5) is 0 Å². The van der Waals surface area contributed by atoms with Gasteiger partial charge in [-0.2, -0.15) is 0 Å². The van der Waals surface area contributed by atoms with Crippen LogP contribution >= 0.6 is 0 Å². The number of phenols is 2. The molecule has 0 bridgehead atoms. The molecule has 0 saturated heterocycles. The normalized spacial score (nSPS) is 9.69. The van der Waals surface area contributed by atoms with Crippen molar-refractivity contribution in [3.8, 4) is 17.2 Å². The molecule has 16 heavy (non-hydrogen) atoms. The van der Waals surface area contributed by atoms with E-state index in [1.54, 1.807) is 13.8 Å². The molecule has 0 atom stereocenters. The lowest BCUT2D eigenvalue weighted by Gasteiger charge is -2.07. The zero-order chi connectivity index (χ0) is 12.3. The van der Waals surface area contributed by atoms with Gasteiger partial charge < -0.3 is 14.9 Å². The summed E-state index contributed by atoms with van der Waals surface area (Å²) >= 11 is 0. The first-order valence-electron chi connectivity index (χ1n) is 4.75. The molecule has 0 aliphatic heterocycles. The number of allylic oxidation sites excluding steroid dienone is 2. The van der Waals surface area contributed by atoms with Crippen molar-refractivity contribution in [3.63, 3.8) is 0 Å². The minimum atomic E-state index is -0.457. The summed E-state index contributed by atoms with van der Waals surface area (Å²) < 4.78 is 4.80. The Balaban J connectivity index is 3.22. The van der Waals surface area contributed by atoms with E-state index in [0.717, 1.165) is 5.57 Å². The van der Waals surface area contributed by atoms with Crippen LogP contribution in [0.1, 0.15) is 24.2 Å². The monoisotopic (exact) mass is 222 g/mol. The Morgan fingerprint density at radius 1 is 1.25 bits per heavy atom. The molecule has 4 nitrogen and oxygen atoms in total. The number of benzene rings is 1. The number of carbonyl (C=O) groups is 1. The second kappa shape index (κ2) is 4.70. The Morgan fingerprint density at radius 2 is 1.88 bits per heavy atom. The number of carbonyl (C=O) groups excluding carboxylic acids is 1. The van der Waals surface area contributed by atoms with E-state index in [-0.39, 0.29) is 17.1 Å². The molecule has 0 aliphatic carbocycles. The molecule has 0 heterocycles. The van der Waals surface area contributed by atoms with Gasteiger partial charge in [0.15, 0.2) is 17.3 Å². The molecule has 4 heteroatoms. The number of methoxy groups -OCH3 is 1. The SMILES string of the molecule is COc1ccc(C(=O)C=C(C)C)c(O)c1O. The van der Waals surface area contributed by atoms with E-state index in [9.17, 15) is 15.0 Å². The van der Waals surface area contributed by atoms with Gasteiger partial charge in [0, 0.05) is 0 Å². The minimum Gasteiger partial charge on any atom is -0.504 e. The highest BCUT2D eigenvalue weighted by Gasteiger charge is 2.16. The molecule has 86 valence electrons. The van der Waals surface area contributed by atoms with E-state index in [1.165, 1.54) is 25.3 Å². The van der Waals surface area contributed by atoms with Crippen molar-refractivity contribution in [2.45, 2.75) is 13.8 Å². The third kappa shape index (κ3) is 2.34. The summed E-state index contributed by atoms with van der Waals surface area (Å²) in [5, 5.41) is 19.1. The molecule has 0 spiro atoms. The lowest BCUT2D eigenvalue weighted by Crippen LogP contribution is -1.97. The van der Waals surface area contributed by atoms with Crippen molar-refractivity contribution in [2.75, 3.05) is 7.11 Å². The average molecular weight is 222 g/mol. The summed E-state index contributed by atoms with van der Waals surface area (Å²) in [5.41, 5.74) is 0.874. The third-order valence-electron chi connectivity index (χ3n) is 2.02. The fourth-order valence-electron chi connectivity index (χ4n) is 1.26. The van der Waals surface area contributed by atoms with E-state index < -0.39 is 11.5 Å². The summed E-state index contributed by atoms with van der Waals surface area (Å²) in [6.45, 7) is 3.55. The maximum Gasteiger partial charge on any atom is 0.201 e. The van der Waals surface area contributed by atoms with Gasteiger partial charge in [0.1, 0.15) is 0 Å². The maximum atomic E-state index is 11.6. The van der Waals surface area contributed by atoms with Crippen molar-refractivity contribution in [3.05, 3.63) is 29.3 Å². The Labute approximate surface area is 93.8 Å². The Morgan fingerprint density at radius 3 is 2.38 bits per heavy atom. The number of ketones is 1. The van der Waals surface area contributed by atoms with Crippen LogP contribution in [-0.2, 0) is 0 Å². The number of aromatic hydroxyl groups is 2. The van der Waals surface area contributed by atoms with E-state index in [2.05, 4.69) is 0 Å². The lowest BCUT2D eigenvalue weighted by atomic mass is 10.1. The van der Waals surface area contributed by atoms with Gasteiger partial charge in [-0.25, -0.2) is 0 Å². The molecule has 0 radical (unpaired) electrons. The molecule has 0 saturated carbocycles. The zero-order valence-corrected chi connectivity index (χ0v) is 9.44. The molecule has 1 aromatic rings. The summed E-state index contributed by atoms with van der Waals surface area (Å²) in [4.78, 5) is 11.6. The highest BCUT2D eigenvalue weighted by Crippen LogP contribution is 2.38. The van der Waals surface area contributed by atoms with Crippen LogP contribution < -0.4 is 4.74 Å². The smallest absolute Gasteiger partial charge is 0.201 e. The van der Waals surface area contributed by atoms with Crippen LogP contribution in [0.2, 0.25) is 0 Å². The molecular weight excluding hydrogens is 208 g/mol. The molecule has 0 fully saturated rings. The quantitative estimate of drug-likeness (QED) is 0.467. The van der Waals surface area contributed by atoms with Crippen molar-refractivity contribution in [1.29, 1.82) is 0 Å². The van der Waals surface area contributed by atoms with Crippen LogP contribution in [0.25, 0.3) is 0 Å². The van der Waals surface area contributed by atoms with E-state index in [4.69, 9.17) is 4.74 Å². The van der Waals surface area contributed by atoms with Crippen LogP contribution in [0.5, 0.6) is 17.2 Å². The summed E-state index contributed by atoms with van der Waals surface area (Å²) in [7, 11) is 1.37.